The van der Waals surface area contributed by atoms with Crippen LogP contribution in [0.2, 0.25) is 0 Å². The van der Waals surface area contributed by atoms with Crippen molar-refractivity contribution in [1.29, 1.82) is 0 Å². The van der Waals surface area contributed by atoms with Crippen molar-refractivity contribution in [2.45, 2.75) is 6.04 Å². The molecule has 2 aromatic rings. The minimum Gasteiger partial charge on any atom is -0.396 e. The minimum absolute atomic E-state index is 0.127. The Morgan fingerprint density at radius 3 is 2.84 bits per heavy atom. The number of imidazole rings is 1. The lowest BCUT2D eigenvalue weighted by Crippen LogP contribution is -2.45. The molecule has 2 N–H and O–H groups in total. The summed E-state index contributed by atoms with van der Waals surface area (Å²) in [7, 11) is 0. The van der Waals surface area contributed by atoms with Crippen LogP contribution in [-0.2, 0) is 0 Å². The van der Waals surface area contributed by atoms with E-state index in [9.17, 15) is 14.6 Å². The van der Waals surface area contributed by atoms with Crippen molar-refractivity contribution >= 4 is 11.2 Å². The van der Waals surface area contributed by atoms with Gasteiger partial charge in [-0.1, -0.05) is 0 Å². The highest BCUT2D eigenvalue weighted by Gasteiger charge is 2.47. The molecule has 3 rings (SSSR count). The zero-order valence-corrected chi connectivity index (χ0v) is 10.0. The zero-order chi connectivity index (χ0) is 13.4. The second-order valence-electron chi connectivity index (χ2n) is 4.57. The maximum Gasteiger partial charge on any atom is 0.163 e. The monoisotopic (exact) mass is 264 g/mol. The quantitative estimate of drug-likeness (QED) is 0.841. The molecule has 6 nitrogen and oxygen atoms in total. The molecule has 2 aromatic heterocycles. The summed E-state index contributed by atoms with van der Waals surface area (Å²) >= 11 is 0. The SMILES string of the molecule is OC[C@H]1[C@H](n2cnc3cncnc32)/C(=C/F)[C@@H]1CO. The predicted molar refractivity (Wildman–Crippen MR) is 64.7 cm³/mol. The van der Waals surface area contributed by atoms with Crippen LogP contribution in [0.3, 0.4) is 0 Å². The lowest BCUT2D eigenvalue weighted by Gasteiger charge is -2.45. The topological polar surface area (TPSA) is 84.1 Å². The Labute approximate surface area is 108 Å². The first-order valence-electron chi connectivity index (χ1n) is 5.96. The summed E-state index contributed by atoms with van der Waals surface area (Å²) in [5.74, 6) is -0.585. The van der Waals surface area contributed by atoms with Crippen molar-refractivity contribution in [2.75, 3.05) is 13.2 Å². The highest BCUT2D eigenvalue weighted by molar-refractivity contribution is 5.69. The van der Waals surface area contributed by atoms with Gasteiger partial charge in [-0.25, -0.2) is 19.3 Å². The van der Waals surface area contributed by atoms with Gasteiger partial charge >= 0.3 is 0 Å². The molecule has 2 heterocycles. The number of hydrogen-bond acceptors (Lipinski definition) is 5. The standard InChI is InChI=1S/C12H13FN4O2/c13-1-7-8(3-18)9(4-19)11(7)17-6-16-10-2-14-5-15-12(10)17/h1-2,5-6,8-9,11,18-19H,3-4H2/b7-1+/t8-,9+,11+/m0/s1. The molecule has 7 heteroatoms. The Morgan fingerprint density at radius 1 is 1.32 bits per heavy atom. The summed E-state index contributed by atoms with van der Waals surface area (Å²) in [5.41, 5.74) is 1.67. The molecule has 1 fully saturated rings. The number of aromatic nitrogens is 4. The molecule has 0 bridgehead atoms. The number of aliphatic hydroxyl groups is 2. The van der Waals surface area contributed by atoms with Crippen LogP contribution in [0.4, 0.5) is 4.39 Å². The van der Waals surface area contributed by atoms with E-state index in [0.29, 0.717) is 23.1 Å². The number of nitrogens with zero attached hydrogens (tertiary/aromatic N) is 4. The Hall–Kier alpha value is -1.86. The van der Waals surface area contributed by atoms with E-state index in [2.05, 4.69) is 15.0 Å². The third-order valence-electron chi connectivity index (χ3n) is 3.76. The maximum absolute atomic E-state index is 13.0. The van der Waals surface area contributed by atoms with Crippen LogP contribution in [0.1, 0.15) is 6.04 Å². The first-order chi connectivity index (χ1) is 9.31. The van der Waals surface area contributed by atoms with E-state index in [1.165, 1.54) is 6.33 Å². The summed E-state index contributed by atoms with van der Waals surface area (Å²) in [6.45, 7) is -0.308. The summed E-state index contributed by atoms with van der Waals surface area (Å²) in [6.07, 6.45) is 5.04. The molecule has 1 aliphatic rings. The van der Waals surface area contributed by atoms with Crippen molar-refractivity contribution in [1.82, 2.24) is 19.5 Å². The van der Waals surface area contributed by atoms with Crippen molar-refractivity contribution in [3.8, 4) is 0 Å². The fourth-order valence-corrected chi connectivity index (χ4v) is 2.78. The summed E-state index contributed by atoms with van der Waals surface area (Å²) in [4.78, 5) is 12.2. The summed E-state index contributed by atoms with van der Waals surface area (Å²) in [6, 6.07) is -0.355. The van der Waals surface area contributed by atoms with Crippen molar-refractivity contribution in [3.63, 3.8) is 0 Å². The molecular formula is C12H13FN4O2. The molecular weight excluding hydrogens is 251 g/mol. The third-order valence-corrected chi connectivity index (χ3v) is 3.76. The van der Waals surface area contributed by atoms with Gasteiger partial charge in [0.25, 0.3) is 0 Å². The van der Waals surface area contributed by atoms with E-state index < -0.39 is 0 Å². The normalized spacial score (nSPS) is 28.8. The largest absolute Gasteiger partial charge is 0.396 e. The van der Waals surface area contributed by atoms with Gasteiger partial charge in [0.1, 0.15) is 11.8 Å². The third kappa shape index (κ3) is 1.66. The number of rotatable bonds is 3. The van der Waals surface area contributed by atoms with Crippen molar-refractivity contribution in [2.24, 2.45) is 11.8 Å². The lowest BCUT2D eigenvalue weighted by molar-refractivity contribution is 0.0510. The highest BCUT2D eigenvalue weighted by Crippen LogP contribution is 2.49. The summed E-state index contributed by atoms with van der Waals surface area (Å²) in [5, 5.41) is 18.7. The van der Waals surface area contributed by atoms with E-state index in [-0.39, 0.29) is 31.1 Å². The molecule has 1 saturated carbocycles. The second kappa shape index (κ2) is 4.67. The molecule has 0 spiro atoms. The average Bonchev–Trinajstić information content (AvgIpc) is 2.83. The van der Waals surface area contributed by atoms with Crippen LogP contribution >= 0.6 is 0 Å². The second-order valence-corrected chi connectivity index (χ2v) is 4.57. The molecule has 1 aliphatic carbocycles. The molecule has 0 aromatic carbocycles. The van der Waals surface area contributed by atoms with Crippen molar-refractivity contribution < 1.29 is 14.6 Å². The molecule has 19 heavy (non-hydrogen) atoms. The van der Waals surface area contributed by atoms with Gasteiger partial charge in [0, 0.05) is 18.4 Å². The Morgan fingerprint density at radius 2 is 2.16 bits per heavy atom. The Kier molecular flexibility index (Phi) is 3.00. The van der Waals surface area contributed by atoms with Gasteiger partial charge < -0.3 is 14.8 Å². The van der Waals surface area contributed by atoms with Crippen molar-refractivity contribution in [3.05, 3.63) is 30.8 Å². The van der Waals surface area contributed by atoms with Crippen LogP contribution in [0.25, 0.3) is 11.2 Å². The molecule has 0 radical (unpaired) electrons. The van der Waals surface area contributed by atoms with Gasteiger partial charge in [-0.05, 0) is 5.57 Å². The lowest BCUT2D eigenvalue weighted by atomic mass is 9.66. The van der Waals surface area contributed by atoms with E-state index >= 15 is 0 Å². The van der Waals surface area contributed by atoms with Crippen LogP contribution in [0.5, 0.6) is 0 Å². The zero-order valence-electron chi connectivity index (χ0n) is 10.0. The van der Waals surface area contributed by atoms with Crippen LogP contribution in [0, 0.1) is 11.8 Å². The average molecular weight is 264 g/mol. The number of fused-ring (bicyclic) bond motifs is 1. The maximum atomic E-state index is 13.0. The highest BCUT2D eigenvalue weighted by atomic mass is 19.1. The van der Waals surface area contributed by atoms with Crippen LogP contribution in [-0.4, -0.2) is 42.9 Å². The van der Waals surface area contributed by atoms with Gasteiger partial charge in [-0.3, -0.25) is 0 Å². The number of hydrogen-bond donors (Lipinski definition) is 2. The van der Waals surface area contributed by atoms with Gasteiger partial charge in [-0.15, -0.1) is 0 Å². The van der Waals surface area contributed by atoms with Gasteiger partial charge in [0.05, 0.1) is 31.5 Å². The molecule has 0 unspecified atom stereocenters. The minimum atomic E-state index is -0.355. The van der Waals surface area contributed by atoms with E-state index in [4.69, 9.17) is 0 Å². The van der Waals surface area contributed by atoms with E-state index in [0.717, 1.165) is 0 Å². The Bertz CT molecular complexity index is 627. The fourth-order valence-electron chi connectivity index (χ4n) is 2.78. The Balaban J connectivity index is 2.06. The first-order valence-corrected chi connectivity index (χ1v) is 5.96. The van der Waals surface area contributed by atoms with Gasteiger partial charge in [0.15, 0.2) is 5.65 Å². The fraction of sp³-hybridized carbons (Fsp3) is 0.417. The van der Waals surface area contributed by atoms with Crippen LogP contribution in [0.15, 0.2) is 30.8 Å². The smallest absolute Gasteiger partial charge is 0.163 e. The molecule has 0 saturated heterocycles. The number of aliphatic hydroxyl groups excluding tert-OH is 2. The van der Waals surface area contributed by atoms with Gasteiger partial charge in [0.2, 0.25) is 0 Å². The van der Waals surface area contributed by atoms with E-state index in [1.807, 2.05) is 0 Å². The number of halogens is 1. The summed E-state index contributed by atoms with van der Waals surface area (Å²) < 4.78 is 14.7. The van der Waals surface area contributed by atoms with E-state index in [1.54, 1.807) is 17.1 Å². The molecule has 0 amide bonds. The van der Waals surface area contributed by atoms with Gasteiger partial charge in [-0.2, -0.15) is 0 Å². The molecule has 100 valence electrons. The first kappa shape index (κ1) is 12.2. The molecule has 3 atom stereocenters. The molecule has 0 aliphatic heterocycles. The predicted octanol–water partition coefficient (Wildman–Crippen LogP) is 0.451. The van der Waals surface area contributed by atoms with Crippen LogP contribution < -0.4 is 0 Å².